The Labute approximate surface area is 383 Å². The van der Waals surface area contributed by atoms with Gasteiger partial charge in [-0.25, -0.2) is 14.4 Å². The molecule has 0 spiro atoms. The lowest BCUT2D eigenvalue weighted by Gasteiger charge is -2.36. The second-order valence-corrected chi connectivity index (χ2v) is 18.0. The normalized spacial score (nSPS) is 15.0. The maximum Gasteiger partial charge on any atom is 0.410 e. The lowest BCUT2D eigenvalue weighted by Crippen LogP contribution is -2.54. The molecular formula is C47H70N6O12. The number of nitrogens with zero attached hydrogens (tertiary/aromatic N) is 6. The summed E-state index contributed by atoms with van der Waals surface area (Å²) in [6.45, 7) is 15.5. The van der Waals surface area contributed by atoms with Crippen molar-refractivity contribution in [3.63, 3.8) is 0 Å². The van der Waals surface area contributed by atoms with Crippen molar-refractivity contribution in [2.75, 3.05) is 79.5 Å². The van der Waals surface area contributed by atoms with Gasteiger partial charge in [0.2, 0.25) is 5.91 Å². The minimum atomic E-state index is -1.02. The van der Waals surface area contributed by atoms with E-state index in [-0.39, 0.29) is 69.1 Å². The molecule has 2 atom stereocenters. The molecule has 0 aliphatic carbocycles. The van der Waals surface area contributed by atoms with E-state index in [1.54, 1.807) is 40.4 Å². The van der Waals surface area contributed by atoms with Crippen LogP contribution in [0.5, 0.6) is 0 Å². The molecule has 2 aliphatic rings. The molecule has 1 N–H and O–H groups in total. The molecule has 0 radical (unpaired) electrons. The Morgan fingerprint density at radius 1 is 0.600 bits per heavy atom. The first-order valence-electron chi connectivity index (χ1n) is 22.2. The minimum absolute atomic E-state index is 0.0628. The van der Waals surface area contributed by atoms with E-state index in [2.05, 4.69) is 0 Å². The maximum atomic E-state index is 13.3. The van der Waals surface area contributed by atoms with Gasteiger partial charge in [0.25, 0.3) is 11.8 Å². The van der Waals surface area contributed by atoms with Crippen LogP contribution in [0.3, 0.4) is 0 Å². The fraction of sp³-hybridized carbons (Fsp3) is 0.596. The van der Waals surface area contributed by atoms with Gasteiger partial charge in [-0.05, 0) is 56.6 Å². The SMILES string of the molecule is CC(C)C[C@H](O)C(=O)N1CCN(C(=O)OCc2ccccc2)CC1.CC(C)C[C@H](OC(=O)CN(C)C(=O)CN(C)C(=O)OC(C)(C)C)C(=O)N1CCN(C(=O)OCc2ccccc2)CC1. The van der Waals surface area contributed by atoms with Gasteiger partial charge in [0.15, 0.2) is 6.10 Å². The Bertz CT molecular complexity index is 1840. The van der Waals surface area contributed by atoms with Gasteiger partial charge < -0.3 is 53.5 Å². The predicted molar refractivity (Wildman–Crippen MR) is 241 cm³/mol. The Morgan fingerprint density at radius 2 is 1.02 bits per heavy atom. The molecule has 0 aromatic heterocycles. The summed E-state index contributed by atoms with van der Waals surface area (Å²) in [6, 6.07) is 18.9. The number of hydrogen-bond acceptors (Lipinski definition) is 12. The third kappa shape index (κ3) is 19.4. The summed E-state index contributed by atoms with van der Waals surface area (Å²) in [5, 5.41) is 9.93. The molecule has 2 fully saturated rings. The third-order valence-corrected chi connectivity index (χ3v) is 10.2. The van der Waals surface area contributed by atoms with Crippen molar-refractivity contribution < 1.29 is 57.6 Å². The van der Waals surface area contributed by atoms with Crippen LogP contribution in [0.4, 0.5) is 14.4 Å². The molecule has 2 aliphatic heterocycles. The molecule has 18 nitrogen and oxygen atoms in total. The van der Waals surface area contributed by atoms with E-state index in [9.17, 15) is 38.7 Å². The largest absolute Gasteiger partial charge is 0.451 e. The second-order valence-electron chi connectivity index (χ2n) is 18.0. The summed E-state index contributed by atoms with van der Waals surface area (Å²) in [5.74, 6) is -1.49. The summed E-state index contributed by atoms with van der Waals surface area (Å²) in [4.78, 5) is 96.0. The zero-order valence-corrected chi connectivity index (χ0v) is 39.6. The fourth-order valence-corrected chi connectivity index (χ4v) is 6.63. The molecule has 6 amide bonds. The Hall–Kier alpha value is -5.91. The van der Waals surface area contributed by atoms with Crippen LogP contribution in [-0.4, -0.2) is 174 Å². The molecule has 0 unspecified atom stereocenters. The Balaban J connectivity index is 0.000000395. The molecule has 65 heavy (non-hydrogen) atoms. The number of likely N-dealkylation sites (N-methyl/N-ethyl adjacent to an activating group) is 2. The van der Waals surface area contributed by atoms with E-state index in [0.29, 0.717) is 52.1 Å². The highest BCUT2D eigenvalue weighted by Crippen LogP contribution is 2.16. The number of hydrogen-bond donors (Lipinski definition) is 1. The molecule has 0 saturated carbocycles. The number of rotatable bonds is 15. The van der Waals surface area contributed by atoms with Crippen molar-refractivity contribution in [3.8, 4) is 0 Å². The number of carbonyl (C=O) groups excluding carboxylic acids is 7. The van der Waals surface area contributed by atoms with Crippen molar-refractivity contribution in [3.05, 3.63) is 71.8 Å². The van der Waals surface area contributed by atoms with E-state index in [1.807, 2.05) is 88.4 Å². The van der Waals surface area contributed by atoms with Gasteiger partial charge in [-0.3, -0.25) is 19.2 Å². The average Bonchev–Trinajstić information content (AvgIpc) is 3.26. The van der Waals surface area contributed by atoms with Crippen LogP contribution in [0.15, 0.2) is 60.7 Å². The number of aliphatic hydroxyl groups is 1. The van der Waals surface area contributed by atoms with Crippen LogP contribution in [-0.2, 0) is 51.3 Å². The quantitative estimate of drug-likeness (QED) is 0.193. The van der Waals surface area contributed by atoms with Crippen molar-refractivity contribution in [1.82, 2.24) is 29.4 Å². The zero-order chi connectivity index (χ0) is 48.3. The summed E-state index contributed by atoms with van der Waals surface area (Å²) < 4.78 is 21.5. The summed E-state index contributed by atoms with van der Waals surface area (Å²) >= 11 is 0. The monoisotopic (exact) mass is 911 g/mol. The lowest BCUT2D eigenvalue weighted by molar-refractivity contribution is -0.163. The number of amides is 6. The standard InChI is InChI=1S/C29H44N4O8.C18H26N2O4/c1-21(2)17-23(40-25(35)19-30(6)24(34)18-31(7)27(37)41-29(3,4)5)26(36)32-13-15-33(16-14-32)28(38)39-20-22-11-9-8-10-12-22;1-14(2)12-16(21)17(22)19-8-10-20(11-9-19)18(23)24-13-15-6-4-3-5-7-15/h8-12,21,23H,13-20H2,1-7H3;3-7,14,16,21H,8-13H2,1-2H3/t23-;16-/m00/s1. The summed E-state index contributed by atoms with van der Waals surface area (Å²) in [7, 11) is 2.85. The third-order valence-electron chi connectivity index (χ3n) is 10.2. The predicted octanol–water partition coefficient (Wildman–Crippen LogP) is 4.63. The highest BCUT2D eigenvalue weighted by atomic mass is 16.6. The van der Waals surface area contributed by atoms with Crippen molar-refractivity contribution in [2.45, 2.75) is 92.3 Å². The van der Waals surface area contributed by atoms with Crippen LogP contribution in [0, 0.1) is 11.8 Å². The molecule has 360 valence electrons. The van der Waals surface area contributed by atoms with Gasteiger partial charge in [0.1, 0.15) is 38.0 Å². The maximum absolute atomic E-state index is 13.3. The molecule has 2 saturated heterocycles. The van der Waals surface area contributed by atoms with Gasteiger partial charge in [-0.2, -0.15) is 0 Å². The summed E-state index contributed by atoms with van der Waals surface area (Å²) in [6.07, 6.45) is -2.69. The fourth-order valence-electron chi connectivity index (χ4n) is 6.63. The number of ether oxygens (including phenoxy) is 4. The number of esters is 1. The Kier molecular flexibility index (Phi) is 21.5. The number of carbonyl (C=O) groups is 7. The Morgan fingerprint density at radius 3 is 1.43 bits per heavy atom. The van der Waals surface area contributed by atoms with Gasteiger partial charge in [-0.1, -0.05) is 88.4 Å². The molecule has 18 heteroatoms. The first-order valence-corrected chi connectivity index (χ1v) is 22.2. The lowest BCUT2D eigenvalue weighted by atomic mass is 10.0. The molecule has 2 aromatic rings. The van der Waals surface area contributed by atoms with Crippen molar-refractivity contribution >= 4 is 42.0 Å². The molecule has 2 aromatic carbocycles. The molecule has 0 bridgehead atoms. The van der Waals surface area contributed by atoms with Crippen molar-refractivity contribution in [1.29, 1.82) is 0 Å². The van der Waals surface area contributed by atoms with Crippen LogP contribution < -0.4 is 0 Å². The average molecular weight is 911 g/mol. The molecule has 2 heterocycles. The molecular weight excluding hydrogens is 841 g/mol. The van der Waals surface area contributed by atoms with Gasteiger partial charge in [0, 0.05) is 66.5 Å². The first kappa shape index (κ1) is 53.4. The number of benzene rings is 2. The number of piperazine rings is 2. The second kappa shape index (κ2) is 26.1. The first-order chi connectivity index (χ1) is 30.6. The van der Waals surface area contributed by atoms with E-state index in [4.69, 9.17) is 18.9 Å². The highest BCUT2D eigenvalue weighted by molar-refractivity contribution is 5.88. The van der Waals surface area contributed by atoms with Gasteiger partial charge in [-0.15, -0.1) is 0 Å². The number of aliphatic hydroxyl groups excluding tert-OH is 1. The van der Waals surface area contributed by atoms with Crippen LogP contribution in [0.1, 0.15) is 72.4 Å². The topological polar surface area (TPSA) is 196 Å². The van der Waals surface area contributed by atoms with Gasteiger partial charge >= 0.3 is 24.2 Å². The van der Waals surface area contributed by atoms with Crippen molar-refractivity contribution in [2.24, 2.45) is 11.8 Å². The van der Waals surface area contributed by atoms with E-state index >= 15 is 0 Å². The highest BCUT2D eigenvalue weighted by Gasteiger charge is 2.33. The van der Waals surface area contributed by atoms with E-state index < -0.39 is 41.9 Å². The summed E-state index contributed by atoms with van der Waals surface area (Å²) in [5.41, 5.74) is 1.12. The zero-order valence-electron chi connectivity index (χ0n) is 39.6. The minimum Gasteiger partial charge on any atom is -0.451 e. The molecule has 4 rings (SSSR count). The van der Waals surface area contributed by atoms with E-state index in [1.165, 1.54) is 14.1 Å². The van der Waals surface area contributed by atoms with Gasteiger partial charge in [0.05, 0.1) is 0 Å². The van der Waals surface area contributed by atoms with Crippen LogP contribution in [0.25, 0.3) is 0 Å². The smallest absolute Gasteiger partial charge is 0.410 e. The van der Waals surface area contributed by atoms with Crippen LogP contribution in [0.2, 0.25) is 0 Å². The van der Waals surface area contributed by atoms with Crippen LogP contribution >= 0.6 is 0 Å². The van der Waals surface area contributed by atoms with E-state index in [0.717, 1.165) is 20.9 Å².